The van der Waals surface area contributed by atoms with E-state index in [0.717, 1.165) is 30.6 Å². The number of benzene rings is 1. The molecule has 2 aromatic heterocycles. The predicted octanol–water partition coefficient (Wildman–Crippen LogP) is 2.20. The van der Waals surface area contributed by atoms with E-state index < -0.39 is 0 Å². The topological polar surface area (TPSA) is 72.1 Å². The molecule has 0 bridgehead atoms. The minimum absolute atomic E-state index is 0.0802. The van der Waals surface area contributed by atoms with Crippen LogP contribution in [0.4, 0.5) is 0 Å². The lowest BCUT2D eigenvalue weighted by Crippen LogP contribution is -2.51. The molecule has 8 nitrogen and oxygen atoms in total. The Labute approximate surface area is 183 Å². The van der Waals surface area contributed by atoms with Crippen LogP contribution in [0.2, 0.25) is 0 Å². The molecular formula is C23H31N7O. The Morgan fingerprint density at radius 1 is 1.10 bits per heavy atom. The van der Waals surface area contributed by atoms with Crippen LogP contribution in [0.3, 0.4) is 0 Å². The summed E-state index contributed by atoms with van der Waals surface area (Å²) in [4.78, 5) is 26.5. The van der Waals surface area contributed by atoms with Crippen LogP contribution in [-0.2, 0) is 18.4 Å². The summed E-state index contributed by atoms with van der Waals surface area (Å²) >= 11 is 0. The van der Waals surface area contributed by atoms with E-state index in [1.54, 1.807) is 0 Å². The molecule has 0 radical (unpaired) electrons. The van der Waals surface area contributed by atoms with Crippen LogP contribution in [0, 0.1) is 19.8 Å². The number of rotatable bonds is 6. The number of carbonyl (C=O) groups is 1. The third-order valence-corrected chi connectivity index (χ3v) is 6.04. The SMILES string of the molecule is Cc1nc(C)n(C[C@@H](C)C(=O)N2CCN([C@H](c3ccccc3)c3nccn3C)CC2)n1. The summed E-state index contributed by atoms with van der Waals surface area (Å²) in [7, 11) is 2.04. The monoisotopic (exact) mass is 421 g/mol. The van der Waals surface area contributed by atoms with Gasteiger partial charge in [0.05, 0.1) is 18.5 Å². The zero-order valence-electron chi connectivity index (χ0n) is 18.8. The van der Waals surface area contributed by atoms with Crippen LogP contribution in [-0.4, -0.2) is 66.2 Å². The van der Waals surface area contributed by atoms with E-state index in [9.17, 15) is 4.79 Å². The molecule has 0 saturated carbocycles. The van der Waals surface area contributed by atoms with Gasteiger partial charge in [0.1, 0.15) is 17.5 Å². The highest BCUT2D eigenvalue weighted by molar-refractivity contribution is 5.78. The Bertz CT molecular complexity index is 1020. The van der Waals surface area contributed by atoms with Crippen molar-refractivity contribution in [3.05, 3.63) is 65.8 Å². The van der Waals surface area contributed by atoms with Gasteiger partial charge in [-0.15, -0.1) is 0 Å². The number of nitrogens with zero attached hydrogens (tertiary/aromatic N) is 7. The van der Waals surface area contributed by atoms with Gasteiger partial charge in [-0.25, -0.2) is 14.6 Å². The average Bonchev–Trinajstić information content (AvgIpc) is 3.33. The van der Waals surface area contributed by atoms with E-state index >= 15 is 0 Å². The van der Waals surface area contributed by atoms with E-state index in [1.807, 2.05) is 55.9 Å². The molecule has 164 valence electrons. The van der Waals surface area contributed by atoms with Gasteiger partial charge in [-0.2, -0.15) is 5.10 Å². The summed E-state index contributed by atoms with van der Waals surface area (Å²) in [5, 5.41) is 4.40. The fourth-order valence-corrected chi connectivity index (χ4v) is 4.38. The summed E-state index contributed by atoms with van der Waals surface area (Å²) < 4.78 is 3.92. The second-order valence-corrected chi connectivity index (χ2v) is 8.36. The first kappa shape index (κ1) is 21.2. The Hall–Kier alpha value is -3.00. The zero-order valence-corrected chi connectivity index (χ0v) is 18.8. The third-order valence-electron chi connectivity index (χ3n) is 6.04. The van der Waals surface area contributed by atoms with Crippen LogP contribution in [0.1, 0.15) is 36.0 Å². The molecule has 1 aliphatic heterocycles. The van der Waals surface area contributed by atoms with Crippen molar-refractivity contribution < 1.29 is 4.79 Å². The van der Waals surface area contributed by atoms with Crippen LogP contribution < -0.4 is 0 Å². The van der Waals surface area contributed by atoms with E-state index in [4.69, 9.17) is 0 Å². The van der Waals surface area contributed by atoms with Crippen LogP contribution in [0.15, 0.2) is 42.7 Å². The zero-order chi connectivity index (χ0) is 22.0. The lowest BCUT2D eigenvalue weighted by atomic mass is 10.0. The number of aromatic nitrogens is 5. The van der Waals surface area contributed by atoms with Gasteiger partial charge in [0.15, 0.2) is 0 Å². The highest BCUT2D eigenvalue weighted by Gasteiger charge is 2.31. The van der Waals surface area contributed by atoms with Gasteiger partial charge in [-0.1, -0.05) is 37.3 Å². The molecule has 4 rings (SSSR count). The minimum Gasteiger partial charge on any atom is -0.340 e. The molecule has 0 spiro atoms. The van der Waals surface area contributed by atoms with Crippen molar-refractivity contribution in [2.24, 2.45) is 13.0 Å². The summed E-state index contributed by atoms with van der Waals surface area (Å²) in [5.74, 6) is 2.66. The maximum atomic E-state index is 13.1. The first-order valence-electron chi connectivity index (χ1n) is 10.9. The summed E-state index contributed by atoms with van der Waals surface area (Å²) in [5.41, 5.74) is 1.22. The summed E-state index contributed by atoms with van der Waals surface area (Å²) in [6.07, 6.45) is 3.83. The minimum atomic E-state index is -0.134. The van der Waals surface area contributed by atoms with Crippen molar-refractivity contribution in [1.82, 2.24) is 34.1 Å². The molecular weight excluding hydrogens is 390 g/mol. The molecule has 0 unspecified atom stereocenters. The standard InChI is InChI=1S/C23H31N7O/c1-17(16-30-19(3)25-18(2)26-30)23(31)29-14-12-28(13-15-29)21(20-8-6-5-7-9-20)22-24-10-11-27(22)4/h5-11,17,21H,12-16H2,1-4H3/t17-,21-/m1/s1. The quantitative estimate of drug-likeness (QED) is 0.610. The van der Waals surface area contributed by atoms with Crippen molar-refractivity contribution in [2.75, 3.05) is 26.2 Å². The van der Waals surface area contributed by atoms with Gasteiger partial charge in [-0.3, -0.25) is 9.69 Å². The molecule has 1 fully saturated rings. The van der Waals surface area contributed by atoms with Gasteiger partial charge < -0.3 is 9.47 Å². The second kappa shape index (κ2) is 9.01. The lowest BCUT2D eigenvalue weighted by molar-refractivity contribution is -0.137. The van der Waals surface area contributed by atoms with Crippen molar-refractivity contribution in [1.29, 1.82) is 0 Å². The molecule has 0 N–H and O–H groups in total. The van der Waals surface area contributed by atoms with Crippen LogP contribution >= 0.6 is 0 Å². The Morgan fingerprint density at radius 2 is 1.81 bits per heavy atom. The molecule has 8 heteroatoms. The van der Waals surface area contributed by atoms with Crippen molar-refractivity contribution in [3.63, 3.8) is 0 Å². The highest BCUT2D eigenvalue weighted by atomic mass is 16.2. The number of hydrogen-bond donors (Lipinski definition) is 0. The van der Waals surface area contributed by atoms with Gasteiger partial charge in [0.25, 0.3) is 0 Å². The molecule has 1 aliphatic rings. The van der Waals surface area contributed by atoms with Gasteiger partial charge in [-0.05, 0) is 19.4 Å². The average molecular weight is 422 g/mol. The molecule has 3 aromatic rings. The Kier molecular flexibility index (Phi) is 6.18. The van der Waals surface area contributed by atoms with E-state index in [2.05, 4.69) is 48.8 Å². The van der Waals surface area contributed by atoms with Gasteiger partial charge in [0.2, 0.25) is 5.91 Å². The van der Waals surface area contributed by atoms with E-state index in [-0.39, 0.29) is 17.9 Å². The van der Waals surface area contributed by atoms with Crippen molar-refractivity contribution in [2.45, 2.75) is 33.4 Å². The first-order chi connectivity index (χ1) is 14.9. The smallest absolute Gasteiger partial charge is 0.227 e. The normalized spacial score (nSPS) is 17.0. The molecule has 31 heavy (non-hydrogen) atoms. The second-order valence-electron chi connectivity index (χ2n) is 8.36. The molecule has 1 amide bonds. The van der Waals surface area contributed by atoms with E-state index in [0.29, 0.717) is 19.6 Å². The molecule has 1 aromatic carbocycles. The number of carbonyl (C=O) groups excluding carboxylic acids is 1. The first-order valence-corrected chi connectivity index (χ1v) is 10.9. The largest absolute Gasteiger partial charge is 0.340 e. The Morgan fingerprint density at radius 3 is 2.39 bits per heavy atom. The number of hydrogen-bond acceptors (Lipinski definition) is 5. The number of piperazine rings is 1. The third kappa shape index (κ3) is 4.54. The fraction of sp³-hybridized carbons (Fsp3) is 0.478. The lowest BCUT2D eigenvalue weighted by Gasteiger charge is -2.40. The van der Waals surface area contributed by atoms with Gasteiger partial charge in [0, 0.05) is 45.6 Å². The van der Waals surface area contributed by atoms with Crippen molar-refractivity contribution >= 4 is 5.91 Å². The fourth-order valence-electron chi connectivity index (χ4n) is 4.38. The molecule has 3 heterocycles. The van der Waals surface area contributed by atoms with E-state index in [1.165, 1.54) is 5.56 Å². The number of imidazole rings is 1. The Balaban J connectivity index is 1.43. The molecule has 2 atom stereocenters. The summed E-state index contributed by atoms with van der Waals surface area (Å²) in [6.45, 7) is 9.39. The van der Waals surface area contributed by atoms with Gasteiger partial charge >= 0.3 is 0 Å². The molecule has 1 saturated heterocycles. The summed E-state index contributed by atoms with van der Waals surface area (Å²) in [6, 6.07) is 10.6. The maximum absolute atomic E-state index is 13.1. The highest BCUT2D eigenvalue weighted by Crippen LogP contribution is 2.28. The van der Waals surface area contributed by atoms with Crippen molar-refractivity contribution in [3.8, 4) is 0 Å². The van der Waals surface area contributed by atoms with Crippen LogP contribution in [0.25, 0.3) is 0 Å². The maximum Gasteiger partial charge on any atom is 0.227 e. The molecule has 0 aliphatic carbocycles. The predicted molar refractivity (Wildman–Crippen MR) is 118 cm³/mol. The van der Waals surface area contributed by atoms with Crippen LogP contribution in [0.5, 0.6) is 0 Å². The number of amides is 1. The number of aryl methyl sites for hydroxylation is 3.